The quantitative estimate of drug-likeness (QED) is 0.804. The summed E-state index contributed by atoms with van der Waals surface area (Å²) in [6.07, 6.45) is -0.149. The standard InChI is InChI=1S/C19H23NO2/c1-13(2)18(21)12-14-4-6-15(7-5-14)16-8-10-17(11-9-16)19(22)20-3/h4-11,13,19-20,22H,12H2,1-3H3. The number of hydrogen-bond acceptors (Lipinski definition) is 3. The van der Waals surface area contributed by atoms with E-state index in [0.29, 0.717) is 6.42 Å². The van der Waals surface area contributed by atoms with Crippen LogP contribution in [-0.2, 0) is 11.2 Å². The maximum atomic E-state index is 11.8. The third kappa shape index (κ3) is 4.03. The normalized spacial score (nSPS) is 12.4. The topological polar surface area (TPSA) is 49.3 Å². The molecule has 2 aromatic rings. The van der Waals surface area contributed by atoms with Crippen LogP contribution in [0.5, 0.6) is 0 Å². The minimum atomic E-state index is -0.640. The zero-order valence-electron chi connectivity index (χ0n) is 13.3. The van der Waals surface area contributed by atoms with Crippen LogP contribution in [0.2, 0.25) is 0 Å². The number of aliphatic hydroxyl groups is 1. The van der Waals surface area contributed by atoms with Gasteiger partial charge < -0.3 is 5.11 Å². The van der Waals surface area contributed by atoms with Crippen molar-refractivity contribution >= 4 is 5.78 Å². The van der Waals surface area contributed by atoms with Gasteiger partial charge in [0.15, 0.2) is 0 Å². The van der Waals surface area contributed by atoms with Crippen molar-refractivity contribution in [2.24, 2.45) is 5.92 Å². The van der Waals surface area contributed by atoms with E-state index in [1.165, 1.54) is 0 Å². The molecule has 0 aromatic heterocycles. The van der Waals surface area contributed by atoms with E-state index in [9.17, 15) is 9.90 Å². The van der Waals surface area contributed by atoms with E-state index < -0.39 is 6.23 Å². The second-order valence-electron chi connectivity index (χ2n) is 5.81. The summed E-state index contributed by atoms with van der Waals surface area (Å²) in [6.45, 7) is 3.86. The Morgan fingerprint density at radius 2 is 1.50 bits per heavy atom. The second kappa shape index (κ2) is 7.34. The monoisotopic (exact) mass is 297 g/mol. The predicted molar refractivity (Wildman–Crippen MR) is 89.4 cm³/mol. The number of benzene rings is 2. The van der Waals surface area contributed by atoms with Crippen LogP contribution in [0, 0.1) is 5.92 Å². The average Bonchev–Trinajstić information content (AvgIpc) is 2.55. The van der Waals surface area contributed by atoms with Gasteiger partial charge in [-0.1, -0.05) is 62.4 Å². The Labute approximate surface area is 132 Å². The Morgan fingerprint density at radius 1 is 1.00 bits per heavy atom. The molecule has 0 heterocycles. The molecule has 0 aliphatic carbocycles. The molecule has 0 amide bonds. The molecular formula is C19H23NO2. The fraction of sp³-hybridized carbons (Fsp3) is 0.316. The van der Waals surface area contributed by atoms with E-state index in [0.717, 1.165) is 22.3 Å². The molecule has 0 saturated heterocycles. The number of hydrogen-bond donors (Lipinski definition) is 2. The molecule has 0 radical (unpaired) electrons. The first kappa shape index (κ1) is 16.4. The van der Waals surface area contributed by atoms with Crippen molar-refractivity contribution in [1.82, 2.24) is 5.32 Å². The van der Waals surface area contributed by atoms with Gasteiger partial charge in [0, 0.05) is 12.3 Å². The molecule has 2 aromatic carbocycles. The van der Waals surface area contributed by atoms with Crippen LogP contribution in [0.4, 0.5) is 0 Å². The van der Waals surface area contributed by atoms with Gasteiger partial charge >= 0.3 is 0 Å². The number of ketones is 1. The summed E-state index contributed by atoms with van der Waals surface area (Å²) < 4.78 is 0. The molecule has 0 saturated carbocycles. The molecular weight excluding hydrogens is 274 g/mol. The van der Waals surface area contributed by atoms with Crippen LogP contribution < -0.4 is 5.32 Å². The fourth-order valence-electron chi connectivity index (χ4n) is 2.24. The van der Waals surface area contributed by atoms with Crippen LogP contribution in [0.3, 0.4) is 0 Å². The van der Waals surface area contributed by atoms with Gasteiger partial charge in [-0.3, -0.25) is 10.1 Å². The van der Waals surface area contributed by atoms with Gasteiger partial charge in [-0.05, 0) is 29.3 Å². The summed E-state index contributed by atoms with van der Waals surface area (Å²) >= 11 is 0. The zero-order valence-corrected chi connectivity index (χ0v) is 13.3. The van der Waals surface area contributed by atoms with Crippen LogP contribution in [0.25, 0.3) is 11.1 Å². The Hall–Kier alpha value is -1.97. The predicted octanol–water partition coefficient (Wildman–Crippen LogP) is 3.33. The van der Waals surface area contributed by atoms with Crippen molar-refractivity contribution < 1.29 is 9.90 Å². The van der Waals surface area contributed by atoms with Crippen molar-refractivity contribution in [1.29, 1.82) is 0 Å². The van der Waals surface area contributed by atoms with Crippen LogP contribution in [0.1, 0.15) is 31.2 Å². The Balaban J connectivity index is 2.11. The third-order valence-electron chi connectivity index (χ3n) is 3.81. The summed E-state index contributed by atoms with van der Waals surface area (Å²) in [5, 5.41) is 12.5. The molecule has 1 unspecified atom stereocenters. The summed E-state index contributed by atoms with van der Waals surface area (Å²) in [7, 11) is 1.72. The smallest absolute Gasteiger partial charge is 0.139 e. The molecule has 3 nitrogen and oxygen atoms in total. The highest BCUT2D eigenvalue weighted by Crippen LogP contribution is 2.22. The third-order valence-corrected chi connectivity index (χ3v) is 3.81. The highest BCUT2D eigenvalue weighted by atomic mass is 16.3. The van der Waals surface area contributed by atoms with Crippen molar-refractivity contribution in [3.63, 3.8) is 0 Å². The van der Waals surface area contributed by atoms with E-state index in [2.05, 4.69) is 5.32 Å². The van der Waals surface area contributed by atoms with E-state index in [1.807, 2.05) is 62.4 Å². The Bertz CT molecular complexity index is 615. The largest absolute Gasteiger partial charge is 0.374 e. The second-order valence-corrected chi connectivity index (χ2v) is 5.81. The SMILES string of the molecule is CNC(O)c1ccc(-c2ccc(CC(=O)C(C)C)cc2)cc1. The average molecular weight is 297 g/mol. The summed E-state index contributed by atoms with van der Waals surface area (Å²) in [5.74, 6) is 0.337. The van der Waals surface area contributed by atoms with Crippen LogP contribution in [0.15, 0.2) is 48.5 Å². The number of carbonyl (C=O) groups excluding carboxylic acids is 1. The molecule has 22 heavy (non-hydrogen) atoms. The van der Waals surface area contributed by atoms with E-state index >= 15 is 0 Å². The highest BCUT2D eigenvalue weighted by molar-refractivity contribution is 5.82. The molecule has 2 N–H and O–H groups in total. The van der Waals surface area contributed by atoms with Gasteiger partial charge in [0.05, 0.1) is 0 Å². The first-order chi connectivity index (χ1) is 10.5. The van der Waals surface area contributed by atoms with E-state index in [1.54, 1.807) is 7.05 Å². The lowest BCUT2D eigenvalue weighted by atomic mass is 9.98. The number of rotatable bonds is 6. The number of Topliss-reactive ketones (excluding diaryl/α,β-unsaturated/α-hetero) is 1. The lowest BCUT2D eigenvalue weighted by Gasteiger charge is -2.10. The van der Waals surface area contributed by atoms with Gasteiger partial charge in [-0.25, -0.2) is 0 Å². The van der Waals surface area contributed by atoms with Crippen LogP contribution in [-0.4, -0.2) is 17.9 Å². The van der Waals surface area contributed by atoms with Crippen molar-refractivity contribution in [3.05, 3.63) is 59.7 Å². The summed E-state index contributed by atoms with van der Waals surface area (Å²) in [4.78, 5) is 11.8. The van der Waals surface area contributed by atoms with Crippen molar-refractivity contribution in [3.8, 4) is 11.1 Å². The molecule has 3 heteroatoms. The van der Waals surface area contributed by atoms with Crippen molar-refractivity contribution in [2.45, 2.75) is 26.5 Å². The molecule has 0 fully saturated rings. The molecule has 0 aliphatic heterocycles. The van der Waals surface area contributed by atoms with Crippen molar-refractivity contribution in [2.75, 3.05) is 7.05 Å². The van der Waals surface area contributed by atoms with Gasteiger partial charge in [0.25, 0.3) is 0 Å². The molecule has 1 atom stereocenters. The lowest BCUT2D eigenvalue weighted by molar-refractivity contribution is -0.121. The summed E-state index contributed by atoms with van der Waals surface area (Å²) in [6, 6.07) is 15.9. The molecule has 0 aliphatic rings. The van der Waals surface area contributed by atoms with Gasteiger partial charge in [-0.15, -0.1) is 0 Å². The fourth-order valence-corrected chi connectivity index (χ4v) is 2.24. The highest BCUT2D eigenvalue weighted by Gasteiger charge is 2.08. The molecule has 0 bridgehead atoms. The summed E-state index contributed by atoms with van der Waals surface area (Å²) in [5.41, 5.74) is 4.08. The molecule has 116 valence electrons. The maximum Gasteiger partial charge on any atom is 0.139 e. The Morgan fingerprint density at radius 3 is 1.95 bits per heavy atom. The number of carbonyl (C=O) groups is 1. The van der Waals surface area contributed by atoms with Gasteiger partial charge in [-0.2, -0.15) is 0 Å². The van der Waals surface area contributed by atoms with Gasteiger partial charge in [0.2, 0.25) is 0 Å². The lowest BCUT2D eigenvalue weighted by Crippen LogP contribution is -2.14. The molecule has 0 spiro atoms. The Kier molecular flexibility index (Phi) is 5.47. The molecule has 2 rings (SSSR count). The minimum absolute atomic E-state index is 0.0748. The minimum Gasteiger partial charge on any atom is -0.374 e. The van der Waals surface area contributed by atoms with E-state index in [-0.39, 0.29) is 11.7 Å². The zero-order chi connectivity index (χ0) is 16.1. The first-order valence-corrected chi connectivity index (χ1v) is 7.58. The maximum absolute atomic E-state index is 11.8. The van der Waals surface area contributed by atoms with Crippen LogP contribution >= 0.6 is 0 Å². The first-order valence-electron chi connectivity index (χ1n) is 7.58. The van der Waals surface area contributed by atoms with Gasteiger partial charge in [0.1, 0.15) is 12.0 Å². The number of aliphatic hydroxyl groups excluding tert-OH is 1. The number of nitrogens with one attached hydrogen (secondary N) is 1. The van der Waals surface area contributed by atoms with E-state index in [4.69, 9.17) is 0 Å².